The molecule has 0 aliphatic carbocycles. The second kappa shape index (κ2) is 7.32. The molecule has 4 rings (SSSR count). The Morgan fingerprint density at radius 1 is 1.15 bits per heavy atom. The highest BCUT2D eigenvalue weighted by molar-refractivity contribution is 6.30. The van der Waals surface area contributed by atoms with Crippen LogP contribution in [0.15, 0.2) is 18.2 Å². The first-order valence-electron chi connectivity index (χ1n) is 8.70. The van der Waals surface area contributed by atoms with Crippen LogP contribution in [0.1, 0.15) is 30.3 Å². The molecule has 0 spiro atoms. The molecule has 0 amide bonds. The second-order valence-corrected chi connectivity index (χ2v) is 6.87. The molecule has 8 heteroatoms. The molecule has 1 saturated heterocycles. The van der Waals surface area contributed by atoms with Gasteiger partial charge in [-0.1, -0.05) is 11.6 Å². The third-order valence-electron chi connectivity index (χ3n) is 4.65. The van der Waals surface area contributed by atoms with Crippen molar-refractivity contribution in [2.45, 2.75) is 25.7 Å². The molecule has 0 radical (unpaired) electrons. The van der Waals surface area contributed by atoms with Gasteiger partial charge < -0.3 is 9.47 Å². The molecule has 0 unspecified atom stereocenters. The van der Waals surface area contributed by atoms with Crippen LogP contribution in [-0.4, -0.2) is 40.3 Å². The van der Waals surface area contributed by atoms with E-state index in [9.17, 15) is 4.39 Å². The minimum atomic E-state index is -0.471. The highest BCUT2D eigenvalue weighted by Crippen LogP contribution is 2.33. The van der Waals surface area contributed by atoms with E-state index in [1.807, 2.05) is 0 Å². The summed E-state index contributed by atoms with van der Waals surface area (Å²) in [6.45, 7) is 3.11. The molecule has 1 aliphatic heterocycles. The topological polar surface area (TPSA) is 70.0 Å². The molecule has 0 saturated carbocycles. The zero-order valence-corrected chi connectivity index (χ0v) is 15.8. The van der Waals surface area contributed by atoms with Crippen molar-refractivity contribution in [3.05, 3.63) is 40.6 Å². The summed E-state index contributed by atoms with van der Waals surface area (Å²) in [6, 6.07) is 4.49. The first-order chi connectivity index (χ1) is 13.1. The van der Waals surface area contributed by atoms with Gasteiger partial charge in [-0.3, -0.25) is 0 Å². The van der Waals surface area contributed by atoms with Gasteiger partial charge in [-0.25, -0.2) is 24.3 Å². The number of aromatic nitrogens is 4. The smallest absolute Gasteiger partial charge is 0.235 e. The molecule has 0 N–H and O–H groups in total. The predicted molar refractivity (Wildman–Crippen MR) is 99.6 cm³/mol. The van der Waals surface area contributed by atoms with E-state index in [4.69, 9.17) is 21.1 Å². The number of hydrogen-bond donors (Lipinski definition) is 0. The van der Waals surface area contributed by atoms with Crippen molar-refractivity contribution in [1.29, 1.82) is 0 Å². The Labute approximate surface area is 160 Å². The van der Waals surface area contributed by atoms with Gasteiger partial charge in [0.1, 0.15) is 28.5 Å². The fourth-order valence-corrected chi connectivity index (χ4v) is 3.39. The summed E-state index contributed by atoms with van der Waals surface area (Å²) in [5.41, 5.74) is 2.13. The lowest BCUT2D eigenvalue weighted by molar-refractivity contribution is 0.0836. The number of halogens is 2. The maximum Gasteiger partial charge on any atom is 0.235 e. The van der Waals surface area contributed by atoms with Crippen LogP contribution in [-0.2, 0) is 4.74 Å². The zero-order valence-electron chi connectivity index (χ0n) is 15.0. The lowest BCUT2D eigenvalue weighted by Gasteiger charge is -2.21. The van der Waals surface area contributed by atoms with Crippen LogP contribution in [0, 0.1) is 12.7 Å². The summed E-state index contributed by atoms with van der Waals surface area (Å²) in [5, 5.41) is 0.318. The maximum absolute atomic E-state index is 14.7. The largest absolute Gasteiger partial charge is 0.480 e. The average Bonchev–Trinajstić information content (AvgIpc) is 2.67. The van der Waals surface area contributed by atoms with Crippen LogP contribution in [0.4, 0.5) is 4.39 Å². The van der Waals surface area contributed by atoms with Crippen LogP contribution in [0.25, 0.3) is 22.4 Å². The van der Waals surface area contributed by atoms with Crippen LogP contribution in [0.3, 0.4) is 0 Å². The standard InChI is InChI=1S/C19H18ClFN4O2/c1-10-19(26-2)24-16-15(13-4-3-12(20)9-14(13)21)23-17(25-18(16)22-10)11-5-7-27-8-6-11/h3-4,9,11H,5-8H2,1-2H3. The Morgan fingerprint density at radius 2 is 1.93 bits per heavy atom. The van der Waals surface area contributed by atoms with Crippen molar-refractivity contribution in [2.75, 3.05) is 20.3 Å². The minimum absolute atomic E-state index is 0.140. The number of ether oxygens (including phenoxy) is 2. The van der Waals surface area contributed by atoms with Crippen LogP contribution in [0.2, 0.25) is 5.02 Å². The minimum Gasteiger partial charge on any atom is -0.480 e. The van der Waals surface area contributed by atoms with E-state index in [-0.39, 0.29) is 5.92 Å². The van der Waals surface area contributed by atoms with E-state index in [1.165, 1.54) is 13.2 Å². The van der Waals surface area contributed by atoms with Gasteiger partial charge in [0.15, 0.2) is 5.65 Å². The second-order valence-electron chi connectivity index (χ2n) is 6.43. The number of methoxy groups -OCH3 is 1. The molecule has 1 aromatic carbocycles. The van der Waals surface area contributed by atoms with Crippen molar-refractivity contribution in [3.8, 4) is 17.1 Å². The molecular weight excluding hydrogens is 371 g/mol. The predicted octanol–water partition coefficient (Wildman–Crippen LogP) is 4.09. The van der Waals surface area contributed by atoms with Gasteiger partial charge in [-0.05, 0) is 38.0 Å². The Morgan fingerprint density at radius 3 is 2.63 bits per heavy atom. The van der Waals surface area contributed by atoms with Crippen LogP contribution in [0.5, 0.6) is 5.88 Å². The number of aryl methyl sites for hydroxylation is 1. The van der Waals surface area contributed by atoms with Gasteiger partial charge in [0, 0.05) is 29.7 Å². The molecule has 140 valence electrons. The molecule has 3 aromatic rings. The zero-order chi connectivity index (χ0) is 19.0. The molecular formula is C19H18ClFN4O2. The number of benzene rings is 1. The number of nitrogens with zero attached hydrogens (tertiary/aromatic N) is 4. The fourth-order valence-electron chi connectivity index (χ4n) is 3.23. The van der Waals surface area contributed by atoms with Gasteiger partial charge in [-0.2, -0.15) is 0 Å². The summed E-state index contributed by atoms with van der Waals surface area (Å²) in [5.74, 6) is 0.665. The Hall–Kier alpha value is -2.38. The van der Waals surface area contributed by atoms with Gasteiger partial charge in [-0.15, -0.1) is 0 Å². The molecule has 6 nitrogen and oxygen atoms in total. The summed E-state index contributed by atoms with van der Waals surface area (Å²) in [7, 11) is 1.52. The molecule has 0 atom stereocenters. The van der Waals surface area contributed by atoms with Crippen molar-refractivity contribution >= 4 is 22.8 Å². The third kappa shape index (κ3) is 3.44. The molecule has 1 fully saturated rings. The normalized spacial score (nSPS) is 15.3. The summed E-state index contributed by atoms with van der Waals surface area (Å²) < 4.78 is 25.4. The van der Waals surface area contributed by atoms with Gasteiger partial charge in [0.05, 0.1) is 7.11 Å². The summed E-state index contributed by atoms with van der Waals surface area (Å²) in [4.78, 5) is 18.3. The first-order valence-corrected chi connectivity index (χ1v) is 9.08. The fraction of sp³-hybridized carbons (Fsp3) is 0.368. The lowest BCUT2D eigenvalue weighted by Crippen LogP contribution is -2.17. The van der Waals surface area contributed by atoms with Crippen LogP contribution < -0.4 is 4.74 Å². The Bertz CT molecular complexity index is 1010. The van der Waals surface area contributed by atoms with Crippen molar-refractivity contribution in [1.82, 2.24) is 19.9 Å². The van der Waals surface area contributed by atoms with E-state index in [0.29, 0.717) is 58.1 Å². The SMILES string of the molecule is COc1nc2c(-c3ccc(Cl)cc3F)nc(C3CCOCC3)nc2nc1C. The molecule has 1 aliphatic rings. The number of rotatable bonds is 3. The third-order valence-corrected chi connectivity index (χ3v) is 4.88. The molecule has 3 heterocycles. The van der Waals surface area contributed by atoms with Crippen LogP contribution >= 0.6 is 11.6 Å². The van der Waals surface area contributed by atoms with E-state index in [0.717, 1.165) is 12.8 Å². The van der Waals surface area contributed by atoms with E-state index < -0.39 is 5.82 Å². The quantitative estimate of drug-likeness (QED) is 0.673. The van der Waals surface area contributed by atoms with Gasteiger partial charge in [0.25, 0.3) is 0 Å². The van der Waals surface area contributed by atoms with E-state index >= 15 is 0 Å². The molecule has 0 bridgehead atoms. The monoisotopic (exact) mass is 388 g/mol. The maximum atomic E-state index is 14.7. The Balaban J connectivity index is 1.97. The van der Waals surface area contributed by atoms with E-state index in [1.54, 1.807) is 19.1 Å². The van der Waals surface area contributed by atoms with Crippen molar-refractivity contribution in [2.24, 2.45) is 0 Å². The first kappa shape index (κ1) is 18.0. The van der Waals surface area contributed by atoms with Gasteiger partial charge >= 0.3 is 0 Å². The highest BCUT2D eigenvalue weighted by Gasteiger charge is 2.23. The van der Waals surface area contributed by atoms with Crippen molar-refractivity contribution in [3.63, 3.8) is 0 Å². The number of hydrogen-bond acceptors (Lipinski definition) is 6. The number of fused-ring (bicyclic) bond motifs is 1. The van der Waals surface area contributed by atoms with Gasteiger partial charge in [0.2, 0.25) is 5.88 Å². The summed E-state index contributed by atoms with van der Waals surface area (Å²) in [6.07, 6.45) is 1.63. The van der Waals surface area contributed by atoms with E-state index in [2.05, 4.69) is 19.9 Å². The highest BCUT2D eigenvalue weighted by atomic mass is 35.5. The molecule has 2 aromatic heterocycles. The summed E-state index contributed by atoms with van der Waals surface area (Å²) >= 11 is 5.91. The Kier molecular flexibility index (Phi) is 4.88. The average molecular weight is 389 g/mol. The molecule has 27 heavy (non-hydrogen) atoms. The lowest BCUT2D eigenvalue weighted by atomic mass is 9.99. The van der Waals surface area contributed by atoms with Crippen molar-refractivity contribution < 1.29 is 13.9 Å².